The molecule has 0 aliphatic heterocycles. The number of nitrogens with zero attached hydrogens (tertiary/aromatic N) is 5. The normalized spacial score (nSPS) is 10.8. The molecule has 0 aliphatic carbocycles. The van der Waals surface area contributed by atoms with E-state index in [1.807, 2.05) is 18.2 Å². The average molecular weight is 472 g/mol. The maximum absolute atomic E-state index is 13.3. The van der Waals surface area contributed by atoms with Crippen LogP contribution in [0, 0.1) is 15.9 Å². The van der Waals surface area contributed by atoms with Gasteiger partial charge in [-0.2, -0.15) is 5.10 Å². The second kappa shape index (κ2) is 9.25. The lowest BCUT2D eigenvalue weighted by Gasteiger charge is -2.20. The topological polar surface area (TPSA) is 94.2 Å². The van der Waals surface area contributed by atoms with Crippen molar-refractivity contribution in [1.29, 1.82) is 0 Å². The minimum Gasteiger partial charge on any atom is -0.282 e. The number of anilines is 1. The van der Waals surface area contributed by atoms with Gasteiger partial charge in [0.2, 0.25) is 0 Å². The van der Waals surface area contributed by atoms with E-state index in [1.54, 1.807) is 23.6 Å². The van der Waals surface area contributed by atoms with Crippen molar-refractivity contribution in [2.75, 3.05) is 4.90 Å². The molecule has 1 amide bonds. The Labute approximate surface area is 190 Å². The zero-order valence-electron chi connectivity index (χ0n) is 16.4. The molecule has 0 saturated heterocycles. The number of amides is 1. The Hall–Kier alpha value is -3.63. The smallest absolute Gasteiger partial charge is 0.282 e. The first kappa shape index (κ1) is 21.6. The van der Waals surface area contributed by atoms with Gasteiger partial charge in [-0.1, -0.05) is 41.9 Å². The lowest BCUT2D eigenvalue weighted by molar-refractivity contribution is -0.385. The Bertz CT molecular complexity index is 1270. The third kappa shape index (κ3) is 4.82. The predicted octanol–water partition coefficient (Wildman–Crippen LogP) is 4.94. The number of aromatic nitrogens is 3. The van der Waals surface area contributed by atoms with Crippen molar-refractivity contribution in [3.63, 3.8) is 0 Å². The van der Waals surface area contributed by atoms with E-state index in [-0.39, 0.29) is 30.5 Å². The Morgan fingerprint density at radius 1 is 1.22 bits per heavy atom. The molecule has 162 valence electrons. The summed E-state index contributed by atoms with van der Waals surface area (Å²) in [5.74, 6) is -0.766. The van der Waals surface area contributed by atoms with Crippen LogP contribution in [-0.2, 0) is 17.9 Å². The predicted molar refractivity (Wildman–Crippen MR) is 119 cm³/mol. The van der Waals surface area contributed by atoms with Crippen LogP contribution in [0.1, 0.15) is 5.56 Å². The van der Waals surface area contributed by atoms with Gasteiger partial charge < -0.3 is 0 Å². The zero-order valence-corrected chi connectivity index (χ0v) is 18.0. The van der Waals surface area contributed by atoms with E-state index in [2.05, 4.69) is 10.1 Å². The first-order valence-corrected chi connectivity index (χ1v) is 10.6. The zero-order chi connectivity index (χ0) is 22.7. The van der Waals surface area contributed by atoms with Crippen molar-refractivity contribution in [3.05, 3.63) is 92.8 Å². The number of carbonyl (C=O) groups is 1. The Morgan fingerprint density at radius 3 is 2.66 bits per heavy atom. The van der Waals surface area contributed by atoms with Crippen molar-refractivity contribution in [1.82, 2.24) is 14.8 Å². The van der Waals surface area contributed by atoms with Crippen molar-refractivity contribution in [2.24, 2.45) is 0 Å². The van der Waals surface area contributed by atoms with Crippen LogP contribution in [0.15, 0.2) is 66.3 Å². The molecule has 2 aromatic heterocycles. The molecule has 0 N–H and O–H groups in total. The number of hydrogen-bond donors (Lipinski definition) is 0. The van der Waals surface area contributed by atoms with E-state index in [9.17, 15) is 19.3 Å². The fourth-order valence-corrected chi connectivity index (χ4v) is 4.05. The maximum Gasteiger partial charge on any atom is 0.307 e. The minimum atomic E-state index is -0.582. The van der Waals surface area contributed by atoms with Gasteiger partial charge in [0.15, 0.2) is 5.13 Å². The number of benzene rings is 2. The van der Waals surface area contributed by atoms with Gasteiger partial charge in [-0.15, -0.1) is 11.3 Å². The summed E-state index contributed by atoms with van der Waals surface area (Å²) in [6, 6.07) is 13.0. The molecule has 0 fully saturated rings. The first-order valence-electron chi connectivity index (χ1n) is 9.33. The van der Waals surface area contributed by atoms with Gasteiger partial charge in [0, 0.05) is 16.0 Å². The minimum absolute atomic E-state index is 0.137. The Kier molecular flexibility index (Phi) is 6.24. The standard InChI is InChI=1S/C21H15ClFN5O3S/c22-18-4-2-1-3-17(18)19-13-32-21(25-19)27(10-14-5-7-15(23)8-6-14)20(29)12-26-11-16(9-24-26)28(30)31/h1-9,11,13H,10,12H2. The van der Waals surface area contributed by atoms with Crippen molar-refractivity contribution in [2.45, 2.75) is 13.1 Å². The van der Waals surface area contributed by atoms with E-state index in [4.69, 9.17) is 11.6 Å². The van der Waals surface area contributed by atoms with E-state index < -0.39 is 4.92 Å². The second-order valence-electron chi connectivity index (χ2n) is 6.75. The van der Waals surface area contributed by atoms with Crippen LogP contribution in [0.25, 0.3) is 11.3 Å². The molecule has 11 heteroatoms. The number of halogens is 2. The molecule has 0 aliphatic rings. The quantitative estimate of drug-likeness (QED) is 0.281. The van der Waals surface area contributed by atoms with Gasteiger partial charge >= 0.3 is 5.69 Å². The number of thiazole rings is 1. The van der Waals surface area contributed by atoms with Crippen LogP contribution in [0.4, 0.5) is 15.2 Å². The van der Waals surface area contributed by atoms with Gasteiger partial charge in [-0.25, -0.2) is 9.37 Å². The van der Waals surface area contributed by atoms with Crippen LogP contribution in [-0.4, -0.2) is 25.6 Å². The summed E-state index contributed by atoms with van der Waals surface area (Å²) in [6.45, 7) is -0.0893. The van der Waals surface area contributed by atoms with Crippen molar-refractivity contribution < 1.29 is 14.1 Å². The summed E-state index contributed by atoms with van der Waals surface area (Å²) < 4.78 is 14.5. The van der Waals surface area contributed by atoms with Gasteiger partial charge in [-0.05, 0) is 23.8 Å². The summed E-state index contributed by atoms with van der Waals surface area (Å²) in [5, 5.41) is 17.5. The third-order valence-electron chi connectivity index (χ3n) is 4.56. The molecule has 4 rings (SSSR count). The lowest BCUT2D eigenvalue weighted by Crippen LogP contribution is -2.33. The summed E-state index contributed by atoms with van der Waals surface area (Å²) in [5.41, 5.74) is 1.83. The molecule has 2 heterocycles. The molecular weight excluding hydrogens is 457 g/mol. The van der Waals surface area contributed by atoms with Crippen LogP contribution >= 0.6 is 22.9 Å². The summed E-state index contributed by atoms with van der Waals surface area (Å²) in [4.78, 5) is 29.5. The molecule has 2 aromatic carbocycles. The molecule has 0 atom stereocenters. The third-order valence-corrected chi connectivity index (χ3v) is 5.75. The van der Waals surface area contributed by atoms with Crippen molar-refractivity contribution >= 4 is 39.7 Å². The van der Waals surface area contributed by atoms with Crippen LogP contribution in [0.5, 0.6) is 0 Å². The summed E-state index contributed by atoms with van der Waals surface area (Å²) in [7, 11) is 0. The van der Waals surface area contributed by atoms with E-state index in [1.165, 1.54) is 39.2 Å². The fourth-order valence-electron chi connectivity index (χ4n) is 2.97. The summed E-state index contributed by atoms with van der Waals surface area (Å²) >= 11 is 7.53. The van der Waals surface area contributed by atoms with Gasteiger partial charge in [-0.3, -0.25) is 24.5 Å². The van der Waals surface area contributed by atoms with Crippen LogP contribution in [0.2, 0.25) is 5.02 Å². The number of hydrogen-bond acceptors (Lipinski definition) is 6. The maximum atomic E-state index is 13.3. The number of carbonyl (C=O) groups excluding carboxylic acids is 1. The number of nitro groups is 1. The highest BCUT2D eigenvalue weighted by Gasteiger charge is 2.22. The van der Waals surface area contributed by atoms with E-state index in [0.29, 0.717) is 21.4 Å². The number of rotatable bonds is 7. The SMILES string of the molecule is O=C(Cn1cc([N+](=O)[O-])cn1)N(Cc1ccc(F)cc1)c1nc(-c2ccccc2Cl)cs1. The average Bonchev–Trinajstić information content (AvgIpc) is 3.44. The molecule has 8 nitrogen and oxygen atoms in total. The molecule has 0 bridgehead atoms. The van der Waals surface area contributed by atoms with Crippen molar-refractivity contribution in [3.8, 4) is 11.3 Å². The molecule has 0 unspecified atom stereocenters. The highest BCUT2D eigenvalue weighted by Crippen LogP contribution is 2.32. The van der Waals surface area contributed by atoms with E-state index >= 15 is 0 Å². The Balaban J connectivity index is 1.64. The highest BCUT2D eigenvalue weighted by molar-refractivity contribution is 7.14. The molecule has 0 saturated carbocycles. The molecule has 32 heavy (non-hydrogen) atoms. The first-order chi connectivity index (χ1) is 15.4. The fraction of sp³-hybridized carbons (Fsp3) is 0.0952. The van der Waals surface area contributed by atoms with Crippen LogP contribution in [0.3, 0.4) is 0 Å². The summed E-state index contributed by atoms with van der Waals surface area (Å²) in [6.07, 6.45) is 2.27. The highest BCUT2D eigenvalue weighted by atomic mass is 35.5. The molecule has 0 spiro atoms. The van der Waals surface area contributed by atoms with Crippen LogP contribution < -0.4 is 4.90 Å². The second-order valence-corrected chi connectivity index (χ2v) is 8.00. The van der Waals surface area contributed by atoms with Gasteiger partial charge in [0.1, 0.15) is 24.8 Å². The molecular formula is C21H15ClFN5O3S. The monoisotopic (exact) mass is 471 g/mol. The Morgan fingerprint density at radius 2 is 1.97 bits per heavy atom. The molecule has 4 aromatic rings. The van der Waals surface area contributed by atoms with E-state index in [0.717, 1.165) is 11.8 Å². The molecule has 0 radical (unpaired) electrons. The lowest BCUT2D eigenvalue weighted by atomic mass is 10.2. The van der Waals surface area contributed by atoms with Gasteiger partial charge in [0.05, 0.1) is 17.2 Å². The van der Waals surface area contributed by atoms with Gasteiger partial charge in [0.25, 0.3) is 5.91 Å². The largest absolute Gasteiger partial charge is 0.307 e.